The molecule has 0 aliphatic carbocycles. The fraction of sp³-hybridized carbons (Fsp3) is 0.158. The van der Waals surface area contributed by atoms with E-state index in [1.807, 2.05) is 31.2 Å². The molecule has 0 aliphatic heterocycles. The van der Waals surface area contributed by atoms with Crippen molar-refractivity contribution in [2.75, 3.05) is 14.2 Å². The first-order valence-electron chi connectivity index (χ1n) is 7.60. The molecular formula is C19H20N2O4. The van der Waals surface area contributed by atoms with Gasteiger partial charge in [0.15, 0.2) is 0 Å². The lowest BCUT2D eigenvalue weighted by molar-refractivity contribution is -0.117. The summed E-state index contributed by atoms with van der Waals surface area (Å²) < 4.78 is 10.2. The van der Waals surface area contributed by atoms with Gasteiger partial charge in [0.1, 0.15) is 11.5 Å². The van der Waals surface area contributed by atoms with Crippen molar-refractivity contribution in [2.45, 2.75) is 6.92 Å². The second-order valence-electron chi connectivity index (χ2n) is 5.29. The number of hydrogen-bond acceptors (Lipinski definition) is 4. The molecule has 2 aromatic carbocycles. The van der Waals surface area contributed by atoms with E-state index in [2.05, 4.69) is 10.9 Å². The van der Waals surface area contributed by atoms with Crippen molar-refractivity contribution in [1.29, 1.82) is 0 Å². The molecule has 0 atom stereocenters. The van der Waals surface area contributed by atoms with Crippen LogP contribution in [0.2, 0.25) is 0 Å². The van der Waals surface area contributed by atoms with Crippen molar-refractivity contribution in [3.63, 3.8) is 0 Å². The topological polar surface area (TPSA) is 76.7 Å². The molecule has 0 saturated heterocycles. The van der Waals surface area contributed by atoms with E-state index < -0.39 is 11.8 Å². The molecule has 0 aliphatic rings. The van der Waals surface area contributed by atoms with Crippen molar-refractivity contribution in [3.8, 4) is 11.5 Å². The number of hydrogen-bond donors (Lipinski definition) is 2. The Morgan fingerprint density at radius 2 is 1.64 bits per heavy atom. The van der Waals surface area contributed by atoms with Crippen molar-refractivity contribution < 1.29 is 19.1 Å². The van der Waals surface area contributed by atoms with E-state index in [1.165, 1.54) is 20.3 Å². The quantitative estimate of drug-likeness (QED) is 0.648. The third-order valence-corrected chi connectivity index (χ3v) is 3.38. The maximum atomic E-state index is 12.1. The summed E-state index contributed by atoms with van der Waals surface area (Å²) in [6.45, 7) is 1.97. The van der Waals surface area contributed by atoms with E-state index in [0.29, 0.717) is 17.1 Å². The number of carbonyl (C=O) groups is 2. The highest BCUT2D eigenvalue weighted by molar-refractivity contribution is 5.98. The average Bonchev–Trinajstić information content (AvgIpc) is 2.63. The number of methoxy groups -OCH3 is 2. The number of aryl methyl sites for hydroxylation is 1. The molecule has 2 aromatic rings. The summed E-state index contributed by atoms with van der Waals surface area (Å²) >= 11 is 0. The first-order valence-corrected chi connectivity index (χ1v) is 7.60. The smallest absolute Gasteiger partial charge is 0.269 e. The molecule has 2 amide bonds. The molecule has 0 unspecified atom stereocenters. The maximum Gasteiger partial charge on any atom is 0.269 e. The van der Waals surface area contributed by atoms with Crippen LogP contribution in [0.5, 0.6) is 11.5 Å². The summed E-state index contributed by atoms with van der Waals surface area (Å²) in [5.41, 5.74) is 6.99. The van der Waals surface area contributed by atoms with Gasteiger partial charge in [0.25, 0.3) is 11.8 Å². The predicted molar refractivity (Wildman–Crippen MR) is 95.4 cm³/mol. The first-order chi connectivity index (χ1) is 12.0. The van der Waals surface area contributed by atoms with E-state index in [-0.39, 0.29) is 0 Å². The summed E-state index contributed by atoms with van der Waals surface area (Å²) in [6, 6.07) is 12.5. The van der Waals surface area contributed by atoms with Crippen LogP contribution in [0.4, 0.5) is 0 Å². The molecule has 25 heavy (non-hydrogen) atoms. The van der Waals surface area contributed by atoms with Crippen LogP contribution in [0.15, 0.2) is 48.5 Å². The lowest BCUT2D eigenvalue weighted by Gasteiger charge is -2.09. The van der Waals surface area contributed by atoms with Gasteiger partial charge >= 0.3 is 0 Å². The second-order valence-corrected chi connectivity index (χ2v) is 5.29. The van der Waals surface area contributed by atoms with Crippen molar-refractivity contribution >= 4 is 17.9 Å². The highest BCUT2D eigenvalue weighted by Crippen LogP contribution is 2.22. The van der Waals surface area contributed by atoms with Crippen LogP contribution in [0, 0.1) is 6.92 Å². The second kappa shape index (κ2) is 8.54. The Labute approximate surface area is 146 Å². The van der Waals surface area contributed by atoms with Gasteiger partial charge in [0.05, 0.1) is 14.2 Å². The highest BCUT2D eigenvalue weighted by atomic mass is 16.5. The molecule has 0 radical (unpaired) electrons. The van der Waals surface area contributed by atoms with Crippen molar-refractivity contribution in [2.24, 2.45) is 0 Å². The number of carbonyl (C=O) groups excluding carboxylic acids is 2. The average molecular weight is 340 g/mol. The summed E-state index contributed by atoms with van der Waals surface area (Å²) in [5, 5.41) is 0. The van der Waals surface area contributed by atoms with Crippen molar-refractivity contribution in [3.05, 3.63) is 65.2 Å². The molecule has 0 heterocycles. The molecular weight excluding hydrogens is 320 g/mol. The van der Waals surface area contributed by atoms with Crippen LogP contribution in [-0.2, 0) is 4.79 Å². The SMILES string of the molecule is COc1cc(OC)cc(C(=O)NNC(=O)/C=C/c2cccc(C)c2)c1. The first kappa shape index (κ1) is 18.1. The van der Waals surface area contributed by atoms with Crippen LogP contribution >= 0.6 is 0 Å². The third-order valence-electron chi connectivity index (χ3n) is 3.38. The lowest BCUT2D eigenvalue weighted by Crippen LogP contribution is -2.40. The van der Waals surface area contributed by atoms with Gasteiger partial charge in [0, 0.05) is 17.7 Å². The minimum Gasteiger partial charge on any atom is -0.497 e. The molecule has 130 valence electrons. The van der Waals surface area contributed by atoms with Crippen molar-refractivity contribution in [1.82, 2.24) is 10.9 Å². The molecule has 0 aromatic heterocycles. The van der Waals surface area contributed by atoms with Gasteiger partial charge in [-0.15, -0.1) is 0 Å². The third kappa shape index (κ3) is 5.39. The maximum absolute atomic E-state index is 12.1. The summed E-state index contributed by atoms with van der Waals surface area (Å²) in [6.07, 6.45) is 3.02. The van der Waals surface area contributed by atoms with Crippen LogP contribution in [-0.4, -0.2) is 26.0 Å². The summed E-state index contributed by atoms with van der Waals surface area (Å²) in [5.74, 6) is 0.0459. The van der Waals surface area contributed by atoms with Gasteiger partial charge in [-0.25, -0.2) is 0 Å². The molecule has 0 spiro atoms. The fourth-order valence-corrected chi connectivity index (χ4v) is 2.12. The van der Waals surface area contributed by atoms with Gasteiger partial charge in [-0.3, -0.25) is 20.4 Å². The minimum atomic E-state index is -0.477. The molecule has 2 rings (SSSR count). The zero-order valence-electron chi connectivity index (χ0n) is 14.3. The molecule has 0 fully saturated rings. The van der Waals surface area contributed by atoms with Gasteiger partial charge in [-0.05, 0) is 30.7 Å². The monoisotopic (exact) mass is 340 g/mol. The van der Waals surface area contributed by atoms with Gasteiger partial charge in [-0.1, -0.05) is 29.8 Å². The molecule has 6 heteroatoms. The number of ether oxygens (including phenoxy) is 2. The Bertz CT molecular complexity index is 778. The number of hydrazine groups is 1. The van der Waals surface area contributed by atoms with E-state index in [4.69, 9.17) is 9.47 Å². The highest BCUT2D eigenvalue weighted by Gasteiger charge is 2.10. The van der Waals surface area contributed by atoms with Gasteiger partial charge < -0.3 is 9.47 Å². The van der Waals surface area contributed by atoms with Crippen LogP contribution in [0.25, 0.3) is 6.08 Å². The number of nitrogens with one attached hydrogen (secondary N) is 2. The molecule has 0 saturated carbocycles. The van der Waals surface area contributed by atoms with E-state index in [0.717, 1.165) is 11.1 Å². The van der Waals surface area contributed by atoms with Crippen LogP contribution < -0.4 is 20.3 Å². The lowest BCUT2D eigenvalue weighted by atomic mass is 10.1. The standard InChI is InChI=1S/C19H20N2O4/c1-13-5-4-6-14(9-13)7-8-18(22)20-21-19(23)15-10-16(24-2)12-17(11-15)25-3/h4-12H,1-3H3,(H,20,22)(H,21,23)/b8-7+. The van der Waals surface area contributed by atoms with E-state index in [1.54, 1.807) is 24.3 Å². The van der Waals surface area contributed by atoms with Crippen LogP contribution in [0.1, 0.15) is 21.5 Å². The Hall–Kier alpha value is -3.28. The Morgan fingerprint density at radius 3 is 2.24 bits per heavy atom. The molecule has 6 nitrogen and oxygen atoms in total. The van der Waals surface area contributed by atoms with E-state index >= 15 is 0 Å². The number of rotatable bonds is 5. The Balaban J connectivity index is 1.96. The normalized spacial score (nSPS) is 10.4. The molecule has 0 bridgehead atoms. The molecule has 2 N–H and O–H groups in total. The minimum absolute atomic E-state index is 0.305. The zero-order valence-corrected chi connectivity index (χ0v) is 14.3. The summed E-state index contributed by atoms with van der Waals surface area (Å²) in [4.78, 5) is 24.0. The number of benzene rings is 2. The van der Waals surface area contributed by atoms with E-state index in [9.17, 15) is 9.59 Å². The fourth-order valence-electron chi connectivity index (χ4n) is 2.12. The van der Waals surface area contributed by atoms with Gasteiger partial charge in [-0.2, -0.15) is 0 Å². The summed E-state index contributed by atoms with van der Waals surface area (Å²) in [7, 11) is 2.99. The predicted octanol–water partition coefficient (Wildman–Crippen LogP) is 2.49. The van der Waals surface area contributed by atoms with Gasteiger partial charge in [0.2, 0.25) is 0 Å². The zero-order chi connectivity index (χ0) is 18.2. The Morgan fingerprint density at radius 1 is 0.960 bits per heavy atom. The van der Waals surface area contributed by atoms with Crippen LogP contribution in [0.3, 0.4) is 0 Å². The largest absolute Gasteiger partial charge is 0.497 e. The Kier molecular flexibility index (Phi) is 6.17. The number of amides is 2.